The number of fused-ring (bicyclic) bond motifs is 1. The molecule has 0 aliphatic rings. The summed E-state index contributed by atoms with van der Waals surface area (Å²) in [5.41, 5.74) is 3.62. The molecular weight excluding hydrogens is 505 g/mol. The molecule has 0 saturated heterocycles. The van der Waals surface area contributed by atoms with Crippen LogP contribution in [-0.4, -0.2) is 22.6 Å². The van der Waals surface area contributed by atoms with Gasteiger partial charge in [0.25, 0.3) is 5.91 Å². The minimum absolute atomic E-state index is 0.110. The Hall–Kier alpha value is -2.84. The van der Waals surface area contributed by atoms with Gasteiger partial charge < -0.3 is 14.5 Å². The molecule has 1 heterocycles. The SMILES string of the molecule is Cc1ccc(-c2nc3cc(NC(=S)NC(=O)COc4ccc(Cl)cc4Cl)ccc3o2)cc1Cl. The second-order valence-electron chi connectivity index (χ2n) is 7.03. The first kappa shape index (κ1) is 23.3. The molecule has 0 bridgehead atoms. The van der Waals surface area contributed by atoms with E-state index in [-0.39, 0.29) is 11.7 Å². The van der Waals surface area contributed by atoms with E-state index in [0.29, 0.717) is 43.5 Å². The van der Waals surface area contributed by atoms with Crippen molar-refractivity contribution in [1.29, 1.82) is 0 Å². The third kappa shape index (κ3) is 5.75. The summed E-state index contributed by atoms with van der Waals surface area (Å²) in [5, 5.41) is 7.03. The number of anilines is 1. The van der Waals surface area contributed by atoms with Gasteiger partial charge in [0.2, 0.25) is 5.89 Å². The monoisotopic (exact) mass is 519 g/mol. The van der Waals surface area contributed by atoms with Gasteiger partial charge in [-0.3, -0.25) is 10.1 Å². The van der Waals surface area contributed by atoms with Gasteiger partial charge in [0.1, 0.15) is 11.3 Å². The molecule has 168 valence electrons. The highest BCUT2D eigenvalue weighted by Crippen LogP contribution is 2.29. The number of halogens is 3. The summed E-state index contributed by atoms with van der Waals surface area (Å²) in [6, 6.07) is 15.6. The summed E-state index contributed by atoms with van der Waals surface area (Å²) in [4.78, 5) is 16.7. The van der Waals surface area contributed by atoms with Crippen LogP contribution in [0.25, 0.3) is 22.6 Å². The van der Waals surface area contributed by atoms with Gasteiger partial charge in [-0.25, -0.2) is 4.98 Å². The van der Waals surface area contributed by atoms with E-state index >= 15 is 0 Å². The average Bonchev–Trinajstić information content (AvgIpc) is 3.18. The molecule has 0 saturated carbocycles. The quantitative estimate of drug-likeness (QED) is 0.287. The smallest absolute Gasteiger partial charge is 0.264 e. The lowest BCUT2D eigenvalue weighted by Gasteiger charge is -2.11. The second-order valence-corrected chi connectivity index (χ2v) is 8.69. The molecule has 0 radical (unpaired) electrons. The highest BCUT2D eigenvalue weighted by atomic mass is 35.5. The van der Waals surface area contributed by atoms with Crippen LogP contribution < -0.4 is 15.4 Å². The zero-order chi connectivity index (χ0) is 23.5. The molecule has 4 rings (SSSR count). The van der Waals surface area contributed by atoms with Gasteiger partial charge in [0.15, 0.2) is 17.3 Å². The predicted molar refractivity (Wildman–Crippen MR) is 136 cm³/mol. The maximum absolute atomic E-state index is 12.1. The number of oxazole rings is 1. The van der Waals surface area contributed by atoms with Crippen molar-refractivity contribution in [3.05, 3.63) is 75.2 Å². The highest BCUT2D eigenvalue weighted by molar-refractivity contribution is 7.80. The van der Waals surface area contributed by atoms with Crippen molar-refractivity contribution >= 4 is 74.8 Å². The number of carbonyl (C=O) groups is 1. The number of benzene rings is 3. The standard InChI is InChI=1S/C23H16Cl3N3O3S/c1-12-2-3-13(8-16(12)25)22-28-18-10-15(5-7-20(18)32-22)27-23(33)29-21(30)11-31-19-6-4-14(24)9-17(19)26/h2-10H,11H2,1H3,(H2,27,29,30,33). The van der Waals surface area contributed by atoms with E-state index in [9.17, 15) is 4.79 Å². The summed E-state index contributed by atoms with van der Waals surface area (Å²) in [7, 11) is 0. The number of ether oxygens (including phenoxy) is 1. The van der Waals surface area contributed by atoms with Gasteiger partial charge in [0, 0.05) is 21.3 Å². The molecule has 0 spiro atoms. The van der Waals surface area contributed by atoms with Crippen LogP contribution in [0.4, 0.5) is 5.69 Å². The van der Waals surface area contributed by atoms with Crippen LogP contribution in [-0.2, 0) is 4.79 Å². The Bertz CT molecular complexity index is 1370. The number of aryl methyl sites for hydroxylation is 1. The first-order chi connectivity index (χ1) is 15.8. The van der Waals surface area contributed by atoms with Gasteiger partial charge in [-0.2, -0.15) is 0 Å². The van der Waals surface area contributed by atoms with E-state index in [0.717, 1.165) is 11.1 Å². The predicted octanol–water partition coefficient (Wildman–Crippen LogP) is 6.66. The molecule has 0 fully saturated rings. The van der Waals surface area contributed by atoms with Gasteiger partial charge in [-0.1, -0.05) is 40.9 Å². The largest absolute Gasteiger partial charge is 0.482 e. The van der Waals surface area contributed by atoms with Crippen LogP contribution in [0.15, 0.2) is 59.0 Å². The third-order valence-corrected chi connectivity index (χ3v) is 5.71. The topological polar surface area (TPSA) is 76.4 Å². The highest BCUT2D eigenvalue weighted by Gasteiger charge is 2.12. The number of rotatable bonds is 5. The van der Waals surface area contributed by atoms with E-state index < -0.39 is 5.91 Å². The number of aromatic nitrogens is 1. The number of hydrogen-bond donors (Lipinski definition) is 2. The number of nitrogens with zero attached hydrogens (tertiary/aromatic N) is 1. The van der Waals surface area contributed by atoms with Crippen LogP contribution in [0.3, 0.4) is 0 Å². The van der Waals surface area contributed by atoms with Crippen molar-refractivity contribution in [1.82, 2.24) is 10.3 Å². The number of amides is 1. The number of carbonyl (C=O) groups excluding carboxylic acids is 1. The summed E-state index contributed by atoms with van der Waals surface area (Å²) >= 11 is 23.3. The van der Waals surface area contributed by atoms with Gasteiger partial charge >= 0.3 is 0 Å². The first-order valence-electron chi connectivity index (χ1n) is 9.64. The van der Waals surface area contributed by atoms with Crippen molar-refractivity contribution in [2.45, 2.75) is 6.92 Å². The van der Waals surface area contributed by atoms with E-state index in [1.165, 1.54) is 6.07 Å². The third-order valence-electron chi connectivity index (χ3n) is 4.57. The van der Waals surface area contributed by atoms with Crippen molar-refractivity contribution in [2.24, 2.45) is 0 Å². The molecule has 0 atom stereocenters. The summed E-state index contributed by atoms with van der Waals surface area (Å²) in [5.74, 6) is 0.356. The fourth-order valence-electron chi connectivity index (χ4n) is 2.92. The molecule has 6 nitrogen and oxygen atoms in total. The van der Waals surface area contributed by atoms with E-state index in [1.54, 1.807) is 30.3 Å². The minimum Gasteiger partial charge on any atom is -0.482 e. The van der Waals surface area contributed by atoms with E-state index in [2.05, 4.69) is 15.6 Å². The van der Waals surface area contributed by atoms with Crippen LogP contribution in [0, 0.1) is 6.92 Å². The summed E-state index contributed by atoms with van der Waals surface area (Å²) in [6.45, 7) is 1.66. The van der Waals surface area contributed by atoms with Crippen LogP contribution in [0.2, 0.25) is 15.1 Å². The van der Waals surface area contributed by atoms with Crippen molar-refractivity contribution in [3.63, 3.8) is 0 Å². The Balaban J connectivity index is 1.38. The zero-order valence-electron chi connectivity index (χ0n) is 17.1. The van der Waals surface area contributed by atoms with Crippen molar-refractivity contribution < 1.29 is 13.9 Å². The molecule has 2 N–H and O–H groups in total. The zero-order valence-corrected chi connectivity index (χ0v) is 20.2. The van der Waals surface area contributed by atoms with Crippen molar-refractivity contribution in [3.8, 4) is 17.2 Å². The number of nitrogens with one attached hydrogen (secondary N) is 2. The average molecular weight is 521 g/mol. The van der Waals surface area contributed by atoms with Crippen molar-refractivity contribution in [2.75, 3.05) is 11.9 Å². The summed E-state index contributed by atoms with van der Waals surface area (Å²) in [6.07, 6.45) is 0. The molecule has 10 heteroatoms. The maximum Gasteiger partial charge on any atom is 0.264 e. The second kappa shape index (κ2) is 9.97. The Kier molecular flexibility index (Phi) is 7.05. The van der Waals surface area contributed by atoms with Crippen LogP contribution in [0.1, 0.15) is 5.56 Å². The minimum atomic E-state index is -0.445. The molecule has 33 heavy (non-hydrogen) atoms. The van der Waals surface area contributed by atoms with Gasteiger partial charge in [0.05, 0.1) is 5.02 Å². The molecule has 0 unspecified atom stereocenters. The molecule has 3 aromatic carbocycles. The van der Waals surface area contributed by atoms with Crippen LogP contribution >= 0.6 is 47.0 Å². The molecule has 1 aromatic heterocycles. The first-order valence-corrected chi connectivity index (χ1v) is 11.2. The van der Waals surface area contributed by atoms with E-state index in [4.69, 9.17) is 56.2 Å². The Morgan fingerprint density at radius 1 is 1.06 bits per heavy atom. The fourth-order valence-corrected chi connectivity index (χ4v) is 3.79. The Morgan fingerprint density at radius 2 is 1.88 bits per heavy atom. The van der Waals surface area contributed by atoms with E-state index in [1.807, 2.05) is 25.1 Å². The fraction of sp³-hybridized carbons (Fsp3) is 0.0870. The molecular formula is C23H16Cl3N3O3S. The molecule has 4 aromatic rings. The Labute approximate surface area is 209 Å². The van der Waals surface area contributed by atoms with Crippen LogP contribution in [0.5, 0.6) is 5.75 Å². The number of thiocarbonyl (C=S) groups is 1. The lowest BCUT2D eigenvalue weighted by Crippen LogP contribution is -2.37. The molecule has 0 aliphatic heterocycles. The number of hydrogen-bond acceptors (Lipinski definition) is 5. The molecule has 1 amide bonds. The van der Waals surface area contributed by atoms with Gasteiger partial charge in [-0.05, 0) is 73.2 Å². The lowest BCUT2D eigenvalue weighted by atomic mass is 10.1. The van der Waals surface area contributed by atoms with Gasteiger partial charge in [-0.15, -0.1) is 0 Å². The Morgan fingerprint density at radius 3 is 2.64 bits per heavy atom. The normalized spacial score (nSPS) is 10.8. The molecule has 0 aliphatic carbocycles. The lowest BCUT2D eigenvalue weighted by molar-refractivity contribution is -0.121. The maximum atomic E-state index is 12.1. The summed E-state index contributed by atoms with van der Waals surface area (Å²) < 4.78 is 11.2.